The van der Waals surface area contributed by atoms with Gasteiger partial charge in [0.2, 0.25) is 0 Å². The zero-order valence-electron chi connectivity index (χ0n) is 4.27. The first-order valence-corrected chi connectivity index (χ1v) is 2.50. The van der Waals surface area contributed by atoms with Crippen molar-refractivity contribution >= 4 is 17.6 Å². The van der Waals surface area contributed by atoms with E-state index in [9.17, 15) is 9.18 Å². The molecule has 0 heterocycles. The monoisotopic (exact) mass is 140 g/mol. The minimum Gasteiger partial charge on any atom is -0.480 e. The van der Waals surface area contributed by atoms with E-state index in [0.29, 0.717) is 0 Å². The Balaban J connectivity index is 3.64. The van der Waals surface area contributed by atoms with Gasteiger partial charge in [-0.25, -0.2) is 4.39 Å². The van der Waals surface area contributed by atoms with Crippen LogP contribution in [0.5, 0.6) is 0 Å². The van der Waals surface area contributed by atoms with Crippen molar-refractivity contribution < 1.29 is 14.3 Å². The summed E-state index contributed by atoms with van der Waals surface area (Å²) in [4.78, 5) is 9.77. The first-order chi connectivity index (χ1) is 3.55. The van der Waals surface area contributed by atoms with Crippen molar-refractivity contribution in [1.29, 1.82) is 0 Å². The summed E-state index contributed by atoms with van der Waals surface area (Å²) in [6, 6.07) is 0. The lowest BCUT2D eigenvalue weighted by Crippen LogP contribution is -2.22. The number of halogens is 2. The third-order valence-corrected chi connectivity index (χ3v) is 1.17. The fourth-order valence-electron chi connectivity index (χ4n) is 0.196. The molecule has 0 aromatic rings. The molecule has 0 saturated heterocycles. The third kappa shape index (κ3) is 2.12. The summed E-state index contributed by atoms with van der Waals surface area (Å²) in [6.07, 6.45) is -1.49. The van der Waals surface area contributed by atoms with Gasteiger partial charge in [-0.2, -0.15) is 0 Å². The van der Waals surface area contributed by atoms with Crippen LogP contribution >= 0.6 is 11.6 Å². The number of aliphatic carboxylic acids is 1. The number of hydrogen-bond donors (Lipinski definition) is 1. The number of hydrogen-bond acceptors (Lipinski definition) is 1. The second kappa shape index (κ2) is 2.87. The Kier molecular flexibility index (Phi) is 2.76. The summed E-state index contributed by atoms with van der Waals surface area (Å²) < 4.78 is 11.8. The molecule has 48 valence electrons. The van der Waals surface area contributed by atoms with E-state index < -0.39 is 17.5 Å². The maximum Gasteiger partial charge on any atom is 0.324 e. The molecule has 0 aliphatic carbocycles. The molecular formula is C4H6ClFO2. The quantitative estimate of drug-likeness (QED) is 0.582. The molecule has 0 saturated carbocycles. The van der Waals surface area contributed by atoms with Crippen LogP contribution in [0.25, 0.3) is 0 Å². The van der Waals surface area contributed by atoms with Gasteiger partial charge in [0.1, 0.15) is 6.17 Å². The molecule has 0 aromatic carbocycles. The average Bonchev–Trinajstić information content (AvgIpc) is 1.64. The summed E-state index contributed by atoms with van der Waals surface area (Å²) in [5, 5.41) is 6.57. The van der Waals surface area contributed by atoms with Crippen LogP contribution in [-0.2, 0) is 4.79 Å². The lowest BCUT2D eigenvalue weighted by molar-refractivity contribution is -0.137. The van der Waals surface area contributed by atoms with Gasteiger partial charge in [0.15, 0.2) is 5.38 Å². The van der Waals surface area contributed by atoms with Crippen LogP contribution in [0.1, 0.15) is 6.92 Å². The lowest BCUT2D eigenvalue weighted by Gasteiger charge is -2.01. The zero-order valence-corrected chi connectivity index (χ0v) is 5.02. The molecule has 0 spiro atoms. The minimum atomic E-state index is -1.49. The van der Waals surface area contributed by atoms with Gasteiger partial charge in [0, 0.05) is 0 Å². The largest absolute Gasteiger partial charge is 0.480 e. The highest BCUT2D eigenvalue weighted by Crippen LogP contribution is 2.05. The molecule has 0 aliphatic heterocycles. The van der Waals surface area contributed by atoms with Crippen LogP contribution in [0.2, 0.25) is 0 Å². The number of alkyl halides is 2. The number of carboxylic acids is 1. The van der Waals surface area contributed by atoms with Crippen molar-refractivity contribution in [1.82, 2.24) is 0 Å². The van der Waals surface area contributed by atoms with Crippen molar-refractivity contribution in [2.24, 2.45) is 0 Å². The highest BCUT2D eigenvalue weighted by molar-refractivity contribution is 6.30. The molecule has 8 heavy (non-hydrogen) atoms. The van der Waals surface area contributed by atoms with Gasteiger partial charge >= 0.3 is 5.97 Å². The predicted molar refractivity (Wildman–Crippen MR) is 27.8 cm³/mol. The maximum absolute atomic E-state index is 11.8. The predicted octanol–water partition coefficient (Wildman–Crippen LogP) is 1.04. The Bertz CT molecular complexity index is 94.0. The van der Waals surface area contributed by atoms with E-state index in [-0.39, 0.29) is 0 Å². The van der Waals surface area contributed by atoms with Gasteiger partial charge in [0.05, 0.1) is 0 Å². The van der Waals surface area contributed by atoms with E-state index in [1.54, 1.807) is 0 Å². The molecule has 0 aromatic heterocycles. The smallest absolute Gasteiger partial charge is 0.324 e. The molecular weight excluding hydrogens is 134 g/mol. The minimum absolute atomic E-state index is 1.10. The second-order valence-electron chi connectivity index (χ2n) is 1.42. The number of carboxylic acid groups (broad SMARTS) is 1. The van der Waals surface area contributed by atoms with Crippen LogP contribution in [0.3, 0.4) is 0 Å². The van der Waals surface area contributed by atoms with Crippen molar-refractivity contribution in [3.8, 4) is 0 Å². The molecule has 0 rings (SSSR count). The molecule has 2 nitrogen and oxygen atoms in total. The summed E-state index contributed by atoms with van der Waals surface area (Å²) in [5.41, 5.74) is 0. The van der Waals surface area contributed by atoms with Gasteiger partial charge in [0.25, 0.3) is 0 Å². The van der Waals surface area contributed by atoms with Crippen LogP contribution < -0.4 is 0 Å². The topological polar surface area (TPSA) is 37.3 Å². The van der Waals surface area contributed by atoms with E-state index in [1.165, 1.54) is 0 Å². The van der Waals surface area contributed by atoms with Crippen molar-refractivity contribution in [2.75, 3.05) is 0 Å². The van der Waals surface area contributed by atoms with E-state index >= 15 is 0 Å². The van der Waals surface area contributed by atoms with Gasteiger partial charge < -0.3 is 5.11 Å². The van der Waals surface area contributed by atoms with Crippen LogP contribution in [-0.4, -0.2) is 22.6 Å². The molecule has 1 N–H and O–H groups in total. The third-order valence-electron chi connectivity index (χ3n) is 0.639. The highest BCUT2D eigenvalue weighted by Gasteiger charge is 2.20. The van der Waals surface area contributed by atoms with Crippen molar-refractivity contribution in [2.45, 2.75) is 18.5 Å². The molecule has 0 aliphatic rings. The van der Waals surface area contributed by atoms with Crippen LogP contribution in [0.15, 0.2) is 0 Å². The molecule has 0 amide bonds. The van der Waals surface area contributed by atoms with Gasteiger partial charge in [-0.15, -0.1) is 11.6 Å². The molecule has 0 unspecified atom stereocenters. The van der Waals surface area contributed by atoms with Crippen LogP contribution in [0, 0.1) is 0 Å². The summed E-state index contributed by atoms with van der Waals surface area (Å²) in [5.74, 6) is -1.32. The normalized spacial score (nSPS) is 17.4. The fourth-order valence-corrected chi connectivity index (χ4v) is 0.196. The number of rotatable bonds is 2. The lowest BCUT2D eigenvalue weighted by atomic mass is 10.3. The Morgan fingerprint density at radius 1 is 1.88 bits per heavy atom. The Hall–Kier alpha value is -0.310. The molecule has 4 heteroatoms. The van der Waals surface area contributed by atoms with E-state index in [1.807, 2.05) is 0 Å². The standard InChI is InChI=1S/C4H6ClFO2/c1-2(6)3(5)4(7)8/h2-3H,1H3,(H,7,8)/t2-,3-/m1/s1. The maximum atomic E-state index is 11.8. The molecule has 0 fully saturated rings. The van der Waals surface area contributed by atoms with Crippen molar-refractivity contribution in [3.05, 3.63) is 0 Å². The first-order valence-electron chi connectivity index (χ1n) is 2.06. The van der Waals surface area contributed by atoms with Crippen molar-refractivity contribution in [3.63, 3.8) is 0 Å². The highest BCUT2D eigenvalue weighted by atomic mass is 35.5. The van der Waals surface area contributed by atoms with E-state index in [2.05, 4.69) is 0 Å². The van der Waals surface area contributed by atoms with Gasteiger partial charge in [-0.1, -0.05) is 0 Å². The molecule has 0 radical (unpaired) electrons. The number of carbonyl (C=O) groups is 1. The Morgan fingerprint density at radius 2 is 2.25 bits per heavy atom. The zero-order chi connectivity index (χ0) is 6.73. The second-order valence-corrected chi connectivity index (χ2v) is 1.89. The van der Waals surface area contributed by atoms with Crippen LogP contribution in [0.4, 0.5) is 4.39 Å². The van der Waals surface area contributed by atoms with Gasteiger partial charge in [-0.05, 0) is 6.92 Å². The molecule has 0 bridgehead atoms. The fraction of sp³-hybridized carbons (Fsp3) is 0.750. The summed E-state index contributed by atoms with van der Waals surface area (Å²) in [6.45, 7) is 1.10. The summed E-state index contributed by atoms with van der Waals surface area (Å²) >= 11 is 4.98. The average molecular weight is 141 g/mol. The van der Waals surface area contributed by atoms with E-state index in [0.717, 1.165) is 6.92 Å². The SMILES string of the molecule is C[C@@H](F)[C@@H](Cl)C(=O)O. The Morgan fingerprint density at radius 3 is 2.25 bits per heavy atom. The first kappa shape index (κ1) is 7.69. The van der Waals surface area contributed by atoms with Gasteiger partial charge in [-0.3, -0.25) is 4.79 Å². The summed E-state index contributed by atoms with van der Waals surface area (Å²) in [7, 11) is 0. The van der Waals surface area contributed by atoms with E-state index in [4.69, 9.17) is 16.7 Å². The molecule has 2 atom stereocenters. The Labute approximate surface area is 51.3 Å².